The molecule has 2 aromatic carbocycles. The van der Waals surface area contributed by atoms with Crippen LogP contribution in [0.25, 0.3) is 0 Å². The van der Waals surface area contributed by atoms with Crippen LogP contribution >= 0.6 is 11.6 Å². The number of hydrogen-bond acceptors (Lipinski definition) is 3. The number of carbonyl (C=O) groups is 1. The summed E-state index contributed by atoms with van der Waals surface area (Å²) in [6.45, 7) is 0. The number of aliphatic carboxylic acids is 1. The molecule has 11 heteroatoms. The smallest absolute Gasteiger partial charge is 0.481 e. The van der Waals surface area contributed by atoms with E-state index in [2.05, 4.69) is 9.47 Å². The molecule has 0 spiro atoms. The van der Waals surface area contributed by atoms with Crippen molar-refractivity contribution in [2.75, 3.05) is 5.88 Å². The van der Waals surface area contributed by atoms with Crippen LogP contribution in [0.5, 0.6) is 11.5 Å². The van der Waals surface area contributed by atoms with Crippen LogP contribution in [0.2, 0.25) is 0 Å². The fourth-order valence-corrected chi connectivity index (χ4v) is 2.17. The maximum atomic E-state index is 11.7. The predicted molar refractivity (Wildman–Crippen MR) is 92.0 cm³/mol. The number of carboxylic acid groups (broad SMARTS) is 1. The van der Waals surface area contributed by atoms with Crippen LogP contribution < -0.4 is 9.47 Å². The second kappa shape index (κ2) is 10.8. The molecule has 29 heavy (non-hydrogen) atoms. The van der Waals surface area contributed by atoms with Gasteiger partial charge < -0.3 is 14.6 Å². The third-order valence-electron chi connectivity index (χ3n) is 3.05. The van der Waals surface area contributed by atoms with Gasteiger partial charge >= 0.3 is 18.7 Å². The van der Waals surface area contributed by atoms with Crippen molar-refractivity contribution in [2.45, 2.75) is 25.6 Å². The zero-order valence-electron chi connectivity index (χ0n) is 14.6. The molecular weight excluding hydrogens is 430 g/mol. The molecule has 0 atom stereocenters. The lowest BCUT2D eigenvalue weighted by Gasteiger charge is -2.08. The molecule has 1 N–H and O–H groups in total. The number of benzene rings is 2. The number of ether oxygens (including phenoxy) is 2. The van der Waals surface area contributed by atoms with Crippen molar-refractivity contribution in [3.05, 3.63) is 59.7 Å². The normalized spacial score (nSPS) is 11.3. The zero-order chi connectivity index (χ0) is 22.1. The molecule has 2 rings (SSSR count). The number of carboxylic acids is 1. The lowest BCUT2D eigenvalue weighted by Crippen LogP contribution is -2.17. The molecule has 0 radical (unpaired) electrons. The number of aryl methyl sites for hydroxylation is 1. The second-order valence-electron chi connectivity index (χ2n) is 5.39. The Kier molecular flexibility index (Phi) is 9.09. The minimum absolute atomic E-state index is 0.212. The molecule has 0 heterocycles. The van der Waals surface area contributed by atoms with Gasteiger partial charge in [0.05, 0.1) is 6.42 Å². The minimum atomic E-state index is -4.73. The summed E-state index contributed by atoms with van der Waals surface area (Å²) < 4.78 is 77.8. The maximum Gasteiger partial charge on any atom is 0.573 e. The van der Waals surface area contributed by atoms with Crippen molar-refractivity contribution in [3.8, 4) is 11.5 Å². The summed E-state index contributed by atoms with van der Waals surface area (Å²) in [5.41, 5.74) is 1.30. The Labute approximate surface area is 166 Å². The molecule has 0 aromatic heterocycles. The Morgan fingerprint density at radius 1 is 0.793 bits per heavy atom. The van der Waals surface area contributed by atoms with Gasteiger partial charge in [-0.05, 0) is 41.8 Å². The Balaban J connectivity index is 0.000000291. The molecule has 0 aliphatic carbocycles. The van der Waals surface area contributed by atoms with E-state index >= 15 is 0 Å². The van der Waals surface area contributed by atoms with Crippen LogP contribution in [-0.4, -0.2) is 29.7 Å². The highest BCUT2D eigenvalue weighted by molar-refractivity contribution is 6.17. The molecule has 4 nitrogen and oxygen atoms in total. The number of rotatable bonds is 6. The largest absolute Gasteiger partial charge is 0.573 e. The quantitative estimate of drug-likeness (QED) is 0.467. The summed E-state index contributed by atoms with van der Waals surface area (Å²) in [6.07, 6.45) is -8.96. The third kappa shape index (κ3) is 11.7. The van der Waals surface area contributed by atoms with Gasteiger partial charge in [0.2, 0.25) is 0 Å². The van der Waals surface area contributed by atoms with Gasteiger partial charge in [-0.25, -0.2) is 0 Å². The van der Waals surface area contributed by atoms with Gasteiger partial charge in [0.1, 0.15) is 11.5 Å². The number of alkyl halides is 7. The lowest BCUT2D eigenvalue weighted by atomic mass is 10.1. The SMILES string of the molecule is FC(F)(F)Oc1ccc(CCCl)cc1.O=C(O)Cc1ccc(OC(F)(F)F)cc1. The Morgan fingerprint density at radius 3 is 1.48 bits per heavy atom. The standard InChI is InChI=1S/C9H8ClF3O.C9H7F3O3/c10-6-5-7-1-3-8(4-2-7)14-9(11,12)13;10-9(11,12)15-7-3-1-6(2-4-7)5-8(13)14/h1-4H,5-6H2;1-4H,5H2,(H,13,14). The van der Waals surface area contributed by atoms with Crippen molar-refractivity contribution in [2.24, 2.45) is 0 Å². The third-order valence-corrected chi connectivity index (χ3v) is 3.24. The summed E-state index contributed by atoms with van der Waals surface area (Å²) in [4.78, 5) is 10.3. The molecule has 2 aromatic rings. The summed E-state index contributed by atoms with van der Waals surface area (Å²) in [6, 6.07) is 10.4. The van der Waals surface area contributed by atoms with Gasteiger partial charge in [-0.1, -0.05) is 24.3 Å². The maximum absolute atomic E-state index is 11.7. The van der Waals surface area contributed by atoms with Gasteiger partial charge in [-0.15, -0.1) is 37.9 Å². The van der Waals surface area contributed by atoms with Crippen molar-refractivity contribution < 1.29 is 45.7 Å². The molecule has 0 aliphatic heterocycles. The van der Waals surface area contributed by atoms with Crippen LogP contribution in [0.4, 0.5) is 26.3 Å². The molecule has 160 valence electrons. The van der Waals surface area contributed by atoms with Crippen LogP contribution in [0.3, 0.4) is 0 Å². The van der Waals surface area contributed by atoms with Gasteiger partial charge in [0.25, 0.3) is 0 Å². The summed E-state index contributed by atoms with van der Waals surface area (Å²) in [5, 5.41) is 8.41. The number of halogens is 7. The molecule has 0 fully saturated rings. The van der Waals surface area contributed by atoms with E-state index in [1.807, 2.05) is 0 Å². The second-order valence-corrected chi connectivity index (χ2v) is 5.77. The van der Waals surface area contributed by atoms with E-state index in [1.165, 1.54) is 24.3 Å². The zero-order valence-corrected chi connectivity index (χ0v) is 15.3. The Hall–Kier alpha value is -2.62. The van der Waals surface area contributed by atoms with Gasteiger partial charge in [-0.2, -0.15) is 0 Å². The van der Waals surface area contributed by atoms with E-state index in [-0.39, 0.29) is 17.9 Å². The van der Waals surface area contributed by atoms with Crippen LogP contribution in [-0.2, 0) is 17.6 Å². The fourth-order valence-electron chi connectivity index (χ4n) is 1.95. The van der Waals surface area contributed by atoms with Crippen LogP contribution in [0.15, 0.2) is 48.5 Å². The highest BCUT2D eigenvalue weighted by atomic mass is 35.5. The van der Waals surface area contributed by atoms with E-state index in [1.54, 1.807) is 12.1 Å². The van der Waals surface area contributed by atoms with Gasteiger partial charge in [0.15, 0.2) is 0 Å². The van der Waals surface area contributed by atoms with Crippen molar-refractivity contribution in [1.29, 1.82) is 0 Å². The van der Waals surface area contributed by atoms with E-state index in [4.69, 9.17) is 16.7 Å². The van der Waals surface area contributed by atoms with Crippen molar-refractivity contribution in [3.63, 3.8) is 0 Å². The van der Waals surface area contributed by atoms with E-state index in [0.717, 1.165) is 17.7 Å². The first kappa shape index (κ1) is 24.4. The molecule has 0 unspecified atom stereocenters. The molecule has 0 saturated carbocycles. The Morgan fingerprint density at radius 2 is 1.17 bits per heavy atom. The average molecular weight is 445 g/mol. The number of hydrogen-bond donors (Lipinski definition) is 1. The van der Waals surface area contributed by atoms with Gasteiger partial charge in [0, 0.05) is 5.88 Å². The first-order chi connectivity index (χ1) is 13.4. The van der Waals surface area contributed by atoms with E-state index in [0.29, 0.717) is 17.9 Å². The highest BCUT2D eigenvalue weighted by Gasteiger charge is 2.31. The molecule has 0 aliphatic rings. The first-order valence-corrected chi connectivity index (χ1v) is 8.38. The van der Waals surface area contributed by atoms with Crippen LogP contribution in [0.1, 0.15) is 11.1 Å². The topological polar surface area (TPSA) is 55.8 Å². The van der Waals surface area contributed by atoms with E-state index < -0.39 is 18.7 Å². The van der Waals surface area contributed by atoms with Crippen molar-refractivity contribution in [1.82, 2.24) is 0 Å². The molecule has 0 bridgehead atoms. The van der Waals surface area contributed by atoms with E-state index in [9.17, 15) is 31.1 Å². The predicted octanol–water partition coefficient (Wildman–Crippen LogP) is 5.58. The average Bonchev–Trinajstić information content (AvgIpc) is 2.56. The molecular formula is C18H15ClF6O4. The molecule has 0 amide bonds. The fraction of sp³-hybridized carbons (Fsp3) is 0.278. The van der Waals surface area contributed by atoms with Crippen LogP contribution in [0, 0.1) is 0 Å². The molecule has 0 saturated heterocycles. The highest BCUT2D eigenvalue weighted by Crippen LogP contribution is 2.23. The van der Waals surface area contributed by atoms with Gasteiger partial charge in [-0.3, -0.25) is 4.79 Å². The Bertz CT molecular complexity index is 758. The summed E-state index contributed by atoms with van der Waals surface area (Å²) in [7, 11) is 0. The minimum Gasteiger partial charge on any atom is -0.481 e. The summed E-state index contributed by atoms with van der Waals surface area (Å²) >= 11 is 5.47. The monoisotopic (exact) mass is 444 g/mol. The first-order valence-electron chi connectivity index (χ1n) is 7.85. The lowest BCUT2D eigenvalue weighted by molar-refractivity contribution is -0.275. The summed E-state index contributed by atoms with van der Waals surface area (Å²) in [5.74, 6) is -1.17. The van der Waals surface area contributed by atoms with Crippen molar-refractivity contribution >= 4 is 17.6 Å².